The largest absolute Gasteiger partial charge is 0.337 e. The third kappa shape index (κ3) is 3.51. The highest BCUT2D eigenvalue weighted by molar-refractivity contribution is 7.23. The lowest BCUT2D eigenvalue weighted by atomic mass is 9.97. The number of nitrogens with one attached hydrogen (secondary N) is 1. The molecular formula is C15H18ClN3OS2. The molecule has 7 heteroatoms. The Kier molecular flexibility index (Phi) is 5.13. The van der Waals surface area contributed by atoms with Gasteiger partial charge in [0, 0.05) is 18.5 Å². The van der Waals surface area contributed by atoms with E-state index in [-0.39, 0.29) is 5.91 Å². The lowest BCUT2D eigenvalue weighted by molar-refractivity contribution is 0.0686. The van der Waals surface area contributed by atoms with Crippen LogP contribution >= 0.6 is 34.3 Å². The molecule has 118 valence electrons. The number of likely N-dealkylation sites (tertiary alicyclic amines) is 1. The number of thiazole rings is 1. The second kappa shape index (κ2) is 7.08. The van der Waals surface area contributed by atoms with Crippen LogP contribution in [0, 0.1) is 5.92 Å². The summed E-state index contributed by atoms with van der Waals surface area (Å²) < 4.78 is 0.740. The Bertz CT molecular complexity index is 647. The van der Waals surface area contributed by atoms with Crippen LogP contribution in [0.5, 0.6) is 0 Å². The number of hydrogen-bond acceptors (Lipinski definition) is 5. The molecule has 0 aromatic carbocycles. The van der Waals surface area contributed by atoms with Gasteiger partial charge in [0.15, 0.2) is 0 Å². The van der Waals surface area contributed by atoms with E-state index in [1.807, 2.05) is 29.5 Å². The number of carbonyl (C=O) groups excluding carboxylic acids is 1. The minimum Gasteiger partial charge on any atom is -0.337 e. The predicted octanol–water partition coefficient (Wildman–Crippen LogP) is 3.60. The van der Waals surface area contributed by atoms with Crippen molar-refractivity contribution in [3.8, 4) is 9.88 Å². The normalized spacial score (nSPS) is 16.2. The number of carbonyl (C=O) groups is 1. The molecule has 22 heavy (non-hydrogen) atoms. The fourth-order valence-corrected chi connectivity index (χ4v) is 4.61. The van der Waals surface area contributed by atoms with Crippen molar-refractivity contribution < 1.29 is 4.79 Å². The van der Waals surface area contributed by atoms with Gasteiger partial charge >= 0.3 is 0 Å². The number of thiophene rings is 1. The van der Waals surface area contributed by atoms with Gasteiger partial charge in [-0.25, -0.2) is 4.98 Å². The van der Waals surface area contributed by atoms with Crippen molar-refractivity contribution in [3.05, 3.63) is 27.5 Å². The van der Waals surface area contributed by atoms with Gasteiger partial charge < -0.3 is 10.2 Å². The van der Waals surface area contributed by atoms with Crippen molar-refractivity contribution in [2.45, 2.75) is 12.8 Å². The van der Waals surface area contributed by atoms with Gasteiger partial charge in [-0.15, -0.1) is 22.7 Å². The molecule has 1 N–H and O–H groups in total. The molecule has 3 rings (SSSR count). The summed E-state index contributed by atoms with van der Waals surface area (Å²) in [5, 5.41) is 5.93. The summed E-state index contributed by atoms with van der Waals surface area (Å²) in [6.07, 6.45) is 2.12. The van der Waals surface area contributed by atoms with Crippen molar-refractivity contribution in [3.63, 3.8) is 0 Å². The molecule has 0 atom stereocenters. The van der Waals surface area contributed by atoms with Gasteiger partial charge in [-0.2, -0.15) is 0 Å². The monoisotopic (exact) mass is 355 g/mol. The van der Waals surface area contributed by atoms with Crippen LogP contribution in [0.25, 0.3) is 9.88 Å². The van der Waals surface area contributed by atoms with E-state index in [1.165, 1.54) is 22.7 Å². The molecule has 1 fully saturated rings. The number of piperidine rings is 1. The second-order valence-corrected chi connectivity index (χ2v) is 8.01. The first-order valence-electron chi connectivity index (χ1n) is 7.32. The van der Waals surface area contributed by atoms with Gasteiger partial charge in [0.25, 0.3) is 5.91 Å². The van der Waals surface area contributed by atoms with Gasteiger partial charge in [0.2, 0.25) is 0 Å². The lowest BCUT2D eigenvalue weighted by Crippen LogP contribution is -2.40. The first kappa shape index (κ1) is 15.9. The summed E-state index contributed by atoms with van der Waals surface area (Å²) >= 11 is 8.94. The van der Waals surface area contributed by atoms with Gasteiger partial charge in [0.1, 0.15) is 10.7 Å². The Morgan fingerprint density at radius 1 is 1.45 bits per heavy atom. The topological polar surface area (TPSA) is 45.2 Å². The van der Waals surface area contributed by atoms with E-state index in [0.717, 1.165) is 46.7 Å². The van der Waals surface area contributed by atoms with Crippen molar-refractivity contribution >= 4 is 40.2 Å². The summed E-state index contributed by atoms with van der Waals surface area (Å²) in [5.41, 5.74) is 0.552. The van der Waals surface area contributed by atoms with E-state index >= 15 is 0 Å². The maximum atomic E-state index is 12.5. The molecule has 1 saturated heterocycles. The molecule has 2 aromatic heterocycles. The molecule has 2 aromatic rings. The van der Waals surface area contributed by atoms with Gasteiger partial charge in [-0.05, 0) is 44.5 Å². The third-order valence-corrected chi connectivity index (χ3v) is 6.14. The van der Waals surface area contributed by atoms with Gasteiger partial charge in [-0.3, -0.25) is 4.79 Å². The molecule has 1 aliphatic heterocycles. The van der Waals surface area contributed by atoms with Crippen molar-refractivity contribution in [1.29, 1.82) is 0 Å². The molecule has 1 amide bonds. The molecule has 0 saturated carbocycles. The number of hydrogen-bond donors (Lipinski definition) is 1. The molecule has 0 radical (unpaired) electrons. The summed E-state index contributed by atoms with van der Waals surface area (Å²) in [7, 11) is 1.98. The van der Waals surface area contributed by atoms with Crippen molar-refractivity contribution in [2.75, 3.05) is 26.7 Å². The maximum absolute atomic E-state index is 12.5. The van der Waals surface area contributed by atoms with Crippen LogP contribution in [-0.2, 0) is 0 Å². The SMILES string of the molecule is CNCC1CCN(C(=O)c2csc(-c3ccc(Cl)s3)n2)CC1. The van der Waals surface area contributed by atoms with Crippen LogP contribution in [-0.4, -0.2) is 42.5 Å². The van der Waals surface area contributed by atoms with E-state index in [9.17, 15) is 4.79 Å². The van der Waals surface area contributed by atoms with Gasteiger partial charge in [0.05, 0.1) is 9.21 Å². The third-order valence-electron chi connectivity index (χ3n) is 3.90. The number of rotatable bonds is 4. The molecule has 0 bridgehead atoms. The highest BCUT2D eigenvalue weighted by atomic mass is 35.5. The lowest BCUT2D eigenvalue weighted by Gasteiger charge is -2.31. The van der Waals surface area contributed by atoms with Gasteiger partial charge in [-0.1, -0.05) is 11.6 Å². The van der Waals surface area contributed by atoms with Crippen LogP contribution < -0.4 is 5.32 Å². The Labute approximate surface area is 143 Å². The van der Waals surface area contributed by atoms with E-state index in [0.29, 0.717) is 11.6 Å². The zero-order valence-electron chi connectivity index (χ0n) is 12.3. The first-order chi connectivity index (χ1) is 10.7. The summed E-state index contributed by atoms with van der Waals surface area (Å²) in [5.74, 6) is 0.723. The summed E-state index contributed by atoms with van der Waals surface area (Å²) in [6.45, 7) is 2.67. The molecular weight excluding hydrogens is 338 g/mol. The molecule has 0 spiro atoms. The van der Waals surface area contributed by atoms with Crippen molar-refractivity contribution in [1.82, 2.24) is 15.2 Å². The van der Waals surface area contributed by atoms with E-state index < -0.39 is 0 Å². The first-order valence-corrected chi connectivity index (χ1v) is 9.40. The Balaban J connectivity index is 1.65. The van der Waals surface area contributed by atoms with E-state index in [2.05, 4.69) is 10.3 Å². The average molecular weight is 356 g/mol. The Morgan fingerprint density at radius 2 is 2.23 bits per heavy atom. The smallest absolute Gasteiger partial charge is 0.273 e. The summed E-state index contributed by atoms with van der Waals surface area (Å²) in [6, 6.07) is 3.81. The van der Waals surface area contributed by atoms with E-state index in [1.54, 1.807) is 0 Å². The average Bonchev–Trinajstić information content (AvgIpc) is 3.16. The molecule has 0 unspecified atom stereocenters. The molecule has 3 heterocycles. The zero-order chi connectivity index (χ0) is 15.5. The number of aromatic nitrogens is 1. The zero-order valence-corrected chi connectivity index (χ0v) is 14.7. The number of halogens is 1. The minimum atomic E-state index is 0.0491. The van der Waals surface area contributed by atoms with Crippen LogP contribution in [0.1, 0.15) is 23.3 Å². The number of nitrogens with zero attached hydrogens (tertiary/aromatic N) is 2. The maximum Gasteiger partial charge on any atom is 0.273 e. The Hall–Kier alpha value is -0.950. The summed E-state index contributed by atoms with van der Waals surface area (Å²) in [4.78, 5) is 20.0. The highest BCUT2D eigenvalue weighted by Crippen LogP contribution is 2.33. The molecule has 0 aliphatic carbocycles. The quantitative estimate of drug-likeness (QED) is 0.911. The predicted molar refractivity (Wildman–Crippen MR) is 93.0 cm³/mol. The minimum absolute atomic E-state index is 0.0491. The van der Waals surface area contributed by atoms with Crippen LogP contribution in [0.3, 0.4) is 0 Å². The highest BCUT2D eigenvalue weighted by Gasteiger charge is 2.25. The van der Waals surface area contributed by atoms with Crippen LogP contribution in [0.4, 0.5) is 0 Å². The molecule has 4 nitrogen and oxygen atoms in total. The standard InChI is InChI=1S/C15H18ClN3OS2/c1-17-8-10-4-6-19(7-5-10)15(20)11-9-21-14(18-11)12-2-3-13(16)22-12/h2-3,9-10,17H,4-8H2,1H3. The van der Waals surface area contributed by atoms with Crippen molar-refractivity contribution in [2.24, 2.45) is 5.92 Å². The Morgan fingerprint density at radius 3 is 2.86 bits per heavy atom. The number of amides is 1. The van der Waals surface area contributed by atoms with Crippen LogP contribution in [0.15, 0.2) is 17.5 Å². The molecule has 1 aliphatic rings. The van der Waals surface area contributed by atoms with E-state index in [4.69, 9.17) is 11.6 Å². The fraction of sp³-hybridized carbons (Fsp3) is 0.467. The van der Waals surface area contributed by atoms with Crippen LogP contribution in [0.2, 0.25) is 4.34 Å². The fourth-order valence-electron chi connectivity index (χ4n) is 2.71. The second-order valence-electron chi connectivity index (χ2n) is 5.43.